The third-order valence-corrected chi connectivity index (χ3v) is 3.36. The Morgan fingerprint density at radius 3 is 2.24 bits per heavy atom. The maximum Gasteiger partial charge on any atom is 0.220 e. The van der Waals surface area contributed by atoms with Gasteiger partial charge in [0.2, 0.25) is 5.91 Å². The molecule has 0 aromatic carbocycles. The Balaban J connectivity index is 3.60. The van der Waals surface area contributed by atoms with E-state index >= 15 is 0 Å². The van der Waals surface area contributed by atoms with E-state index in [1.165, 1.54) is 25.7 Å². The van der Waals surface area contributed by atoms with Crippen molar-refractivity contribution in [1.82, 2.24) is 5.32 Å². The number of nitrogens with two attached hydrogens (primary N) is 1. The summed E-state index contributed by atoms with van der Waals surface area (Å²) in [6.45, 7) is 8.07. The molecule has 0 radical (unpaired) electrons. The van der Waals surface area contributed by atoms with Crippen molar-refractivity contribution >= 4 is 5.91 Å². The van der Waals surface area contributed by atoms with Crippen molar-refractivity contribution < 1.29 is 4.79 Å². The maximum atomic E-state index is 11.7. The highest BCUT2D eigenvalue weighted by atomic mass is 16.1. The Kier molecular flexibility index (Phi) is 8.23. The van der Waals surface area contributed by atoms with Crippen LogP contribution in [0.2, 0.25) is 0 Å². The van der Waals surface area contributed by atoms with Crippen molar-refractivity contribution in [3.8, 4) is 0 Å². The Labute approximate surface area is 107 Å². The summed E-state index contributed by atoms with van der Waals surface area (Å²) in [6, 6.07) is -0.0315. The first kappa shape index (κ1) is 16.4. The summed E-state index contributed by atoms with van der Waals surface area (Å²) < 4.78 is 0. The first-order chi connectivity index (χ1) is 7.90. The Bertz CT molecular complexity index is 212. The van der Waals surface area contributed by atoms with Gasteiger partial charge in [-0.3, -0.25) is 4.79 Å². The van der Waals surface area contributed by atoms with Gasteiger partial charge in [0.15, 0.2) is 0 Å². The second-order valence-electron chi connectivity index (χ2n) is 5.58. The quantitative estimate of drug-likeness (QED) is 0.611. The molecule has 1 amide bonds. The normalized spacial score (nSPS) is 13.5. The molecular weight excluding hydrogens is 212 g/mol. The Morgan fingerprint density at radius 1 is 1.18 bits per heavy atom. The Hall–Kier alpha value is -0.570. The van der Waals surface area contributed by atoms with E-state index in [0.717, 1.165) is 12.8 Å². The summed E-state index contributed by atoms with van der Waals surface area (Å²) in [7, 11) is 0. The molecule has 0 aromatic heterocycles. The molecule has 0 aliphatic carbocycles. The van der Waals surface area contributed by atoms with Crippen LogP contribution in [0.15, 0.2) is 0 Å². The van der Waals surface area contributed by atoms with Crippen LogP contribution in [-0.2, 0) is 4.79 Å². The average Bonchev–Trinajstić information content (AvgIpc) is 2.22. The van der Waals surface area contributed by atoms with Gasteiger partial charge in [-0.05, 0) is 27.2 Å². The van der Waals surface area contributed by atoms with Gasteiger partial charge in [-0.1, -0.05) is 39.0 Å². The van der Waals surface area contributed by atoms with E-state index < -0.39 is 0 Å². The lowest BCUT2D eigenvalue weighted by Gasteiger charge is -2.30. The van der Waals surface area contributed by atoms with Crippen LogP contribution in [0.25, 0.3) is 0 Å². The zero-order valence-electron chi connectivity index (χ0n) is 12.0. The van der Waals surface area contributed by atoms with Crippen LogP contribution in [0, 0.1) is 0 Å². The largest absolute Gasteiger partial charge is 0.350 e. The second kappa shape index (κ2) is 8.51. The summed E-state index contributed by atoms with van der Waals surface area (Å²) in [5.74, 6) is 0.128. The van der Waals surface area contributed by atoms with E-state index in [9.17, 15) is 4.79 Å². The van der Waals surface area contributed by atoms with Crippen molar-refractivity contribution in [3.05, 3.63) is 0 Å². The molecule has 0 aliphatic rings. The van der Waals surface area contributed by atoms with Gasteiger partial charge in [0.05, 0.1) is 0 Å². The standard InChI is InChI=1S/C14H30N2O/c1-5-6-7-8-9-10-11-13(17)16-14(3,4)12(2)15/h12H,5-11,15H2,1-4H3,(H,16,17). The number of unbranched alkanes of at least 4 members (excludes halogenated alkanes) is 5. The van der Waals surface area contributed by atoms with Crippen LogP contribution in [0.3, 0.4) is 0 Å². The maximum absolute atomic E-state index is 11.7. The van der Waals surface area contributed by atoms with Crippen LogP contribution >= 0.6 is 0 Å². The van der Waals surface area contributed by atoms with Crippen molar-refractivity contribution in [1.29, 1.82) is 0 Å². The smallest absolute Gasteiger partial charge is 0.220 e. The van der Waals surface area contributed by atoms with E-state index in [-0.39, 0.29) is 17.5 Å². The second-order valence-corrected chi connectivity index (χ2v) is 5.58. The van der Waals surface area contributed by atoms with E-state index in [1.807, 2.05) is 20.8 Å². The van der Waals surface area contributed by atoms with E-state index in [2.05, 4.69) is 12.2 Å². The van der Waals surface area contributed by atoms with E-state index in [0.29, 0.717) is 6.42 Å². The minimum Gasteiger partial charge on any atom is -0.350 e. The molecule has 0 aliphatic heterocycles. The molecule has 1 unspecified atom stereocenters. The summed E-state index contributed by atoms with van der Waals surface area (Å²) in [6.07, 6.45) is 7.90. The van der Waals surface area contributed by atoms with Gasteiger partial charge < -0.3 is 11.1 Å². The molecule has 3 N–H and O–H groups in total. The van der Waals surface area contributed by atoms with Crippen LogP contribution in [0.4, 0.5) is 0 Å². The zero-order chi connectivity index (χ0) is 13.3. The van der Waals surface area contributed by atoms with Gasteiger partial charge in [0.1, 0.15) is 0 Å². The van der Waals surface area contributed by atoms with Crippen LogP contribution in [0.1, 0.15) is 72.6 Å². The lowest BCUT2D eigenvalue weighted by atomic mass is 9.96. The SMILES string of the molecule is CCCCCCCCC(=O)NC(C)(C)C(C)N. The number of amides is 1. The molecule has 102 valence electrons. The van der Waals surface area contributed by atoms with Gasteiger partial charge in [-0.25, -0.2) is 0 Å². The van der Waals surface area contributed by atoms with Crippen molar-refractivity contribution in [3.63, 3.8) is 0 Å². The number of rotatable bonds is 9. The monoisotopic (exact) mass is 242 g/mol. The highest BCUT2D eigenvalue weighted by Gasteiger charge is 2.24. The molecule has 0 saturated heterocycles. The molecule has 0 bridgehead atoms. The molecule has 3 heteroatoms. The van der Waals surface area contributed by atoms with Gasteiger partial charge in [-0.2, -0.15) is 0 Å². The lowest BCUT2D eigenvalue weighted by Crippen LogP contribution is -2.54. The molecule has 0 heterocycles. The van der Waals surface area contributed by atoms with Crippen LogP contribution < -0.4 is 11.1 Å². The molecule has 0 spiro atoms. The molecule has 0 saturated carbocycles. The van der Waals surface area contributed by atoms with E-state index in [1.54, 1.807) is 0 Å². The molecule has 0 aromatic rings. The zero-order valence-corrected chi connectivity index (χ0v) is 12.0. The van der Waals surface area contributed by atoms with Gasteiger partial charge in [-0.15, -0.1) is 0 Å². The number of carbonyl (C=O) groups is 1. The van der Waals surface area contributed by atoms with Gasteiger partial charge in [0.25, 0.3) is 0 Å². The first-order valence-electron chi connectivity index (χ1n) is 6.96. The lowest BCUT2D eigenvalue weighted by molar-refractivity contribution is -0.123. The summed E-state index contributed by atoms with van der Waals surface area (Å²) in [4.78, 5) is 11.7. The topological polar surface area (TPSA) is 55.1 Å². The predicted octanol–water partition coefficient (Wildman–Crippen LogP) is 2.98. The average molecular weight is 242 g/mol. The van der Waals surface area contributed by atoms with E-state index in [4.69, 9.17) is 5.73 Å². The van der Waals surface area contributed by atoms with Crippen molar-refractivity contribution in [2.45, 2.75) is 84.2 Å². The van der Waals surface area contributed by atoms with Crippen molar-refractivity contribution in [2.75, 3.05) is 0 Å². The fraction of sp³-hybridized carbons (Fsp3) is 0.929. The summed E-state index contributed by atoms with van der Waals surface area (Å²) in [5, 5.41) is 2.99. The molecule has 0 fully saturated rings. The molecule has 3 nitrogen and oxygen atoms in total. The number of hydrogen-bond donors (Lipinski definition) is 2. The van der Waals surface area contributed by atoms with Gasteiger partial charge in [0, 0.05) is 18.0 Å². The summed E-state index contributed by atoms with van der Waals surface area (Å²) in [5.41, 5.74) is 5.51. The molecule has 0 rings (SSSR count). The predicted molar refractivity (Wildman–Crippen MR) is 73.9 cm³/mol. The summed E-state index contributed by atoms with van der Waals surface area (Å²) >= 11 is 0. The fourth-order valence-corrected chi connectivity index (χ4v) is 1.60. The highest BCUT2D eigenvalue weighted by Crippen LogP contribution is 2.09. The highest BCUT2D eigenvalue weighted by molar-refractivity contribution is 5.76. The molecular formula is C14H30N2O. The van der Waals surface area contributed by atoms with Gasteiger partial charge >= 0.3 is 0 Å². The number of hydrogen-bond acceptors (Lipinski definition) is 2. The minimum atomic E-state index is -0.306. The number of nitrogens with one attached hydrogen (secondary N) is 1. The fourth-order valence-electron chi connectivity index (χ4n) is 1.60. The molecule has 17 heavy (non-hydrogen) atoms. The third kappa shape index (κ3) is 8.19. The Morgan fingerprint density at radius 2 is 1.71 bits per heavy atom. The van der Waals surface area contributed by atoms with Crippen molar-refractivity contribution in [2.24, 2.45) is 5.73 Å². The van der Waals surface area contributed by atoms with Crippen LogP contribution in [-0.4, -0.2) is 17.5 Å². The number of carbonyl (C=O) groups excluding carboxylic acids is 1. The minimum absolute atomic E-state index is 0.0315. The first-order valence-corrected chi connectivity index (χ1v) is 6.96. The molecule has 1 atom stereocenters. The van der Waals surface area contributed by atoms with Crippen LogP contribution in [0.5, 0.6) is 0 Å². The third-order valence-electron chi connectivity index (χ3n) is 3.36.